The van der Waals surface area contributed by atoms with E-state index in [0.717, 1.165) is 141 Å². The van der Waals surface area contributed by atoms with E-state index in [-0.39, 0.29) is 37.5 Å². The zero-order valence-electron chi connectivity index (χ0n) is 51.3. The van der Waals surface area contributed by atoms with E-state index in [9.17, 15) is 14.4 Å². The molecule has 0 aromatic heterocycles. The first-order chi connectivity index (χ1) is 39.0. The Labute approximate surface area is 487 Å². The van der Waals surface area contributed by atoms with Crippen molar-refractivity contribution in [1.29, 1.82) is 0 Å². The fourth-order valence-corrected chi connectivity index (χ4v) is 8.72. The molecular weight excluding hydrogens is 973 g/mol. The Morgan fingerprint density at radius 1 is 0.266 bits per heavy atom. The predicted octanol–water partition coefficient (Wildman–Crippen LogP) is 22.5. The number of hydrogen-bond donors (Lipinski definition) is 0. The second kappa shape index (κ2) is 66.1. The van der Waals surface area contributed by atoms with Crippen LogP contribution in [0.5, 0.6) is 0 Å². The van der Waals surface area contributed by atoms with E-state index in [0.29, 0.717) is 12.8 Å². The molecule has 0 rings (SSSR count). The second-order valence-electron chi connectivity index (χ2n) is 21.3. The minimum Gasteiger partial charge on any atom is -0.462 e. The Morgan fingerprint density at radius 3 is 0.810 bits per heavy atom. The predicted molar refractivity (Wildman–Crippen MR) is 343 cm³/mol. The molecule has 0 aliphatic heterocycles. The summed E-state index contributed by atoms with van der Waals surface area (Å²) in [6.07, 6.45) is 93.0. The molecule has 0 radical (unpaired) electrons. The van der Waals surface area contributed by atoms with Crippen LogP contribution in [-0.4, -0.2) is 37.2 Å². The third-order valence-electron chi connectivity index (χ3n) is 13.6. The van der Waals surface area contributed by atoms with Crippen LogP contribution in [-0.2, 0) is 28.6 Å². The Kier molecular flexibility index (Phi) is 62.3. The number of ether oxygens (including phenoxy) is 3. The molecule has 0 N–H and O–H groups in total. The van der Waals surface area contributed by atoms with Gasteiger partial charge in [0, 0.05) is 19.3 Å². The van der Waals surface area contributed by atoms with Gasteiger partial charge in [-0.1, -0.05) is 264 Å². The highest BCUT2D eigenvalue weighted by molar-refractivity contribution is 5.71. The Balaban J connectivity index is 4.49. The first-order valence-electron chi connectivity index (χ1n) is 32.7. The zero-order chi connectivity index (χ0) is 57.1. The summed E-state index contributed by atoms with van der Waals surface area (Å²) in [5.74, 6) is -0.953. The van der Waals surface area contributed by atoms with E-state index in [4.69, 9.17) is 14.2 Å². The summed E-state index contributed by atoms with van der Waals surface area (Å²) in [7, 11) is 0. The van der Waals surface area contributed by atoms with E-state index in [2.05, 4.69) is 154 Å². The zero-order valence-corrected chi connectivity index (χ0v) is 51.3. The highest BCUT2D eigenvalue weighted by atomic mass is 16.6. The summed E-state index contributed by atoms with van der Waals surface area (Å²) >= 11 is 0. The highest BCUT2D eigenvalue weighted by Crippen LogP contribution is 2.14. The fraction of sp³-hybridized carbons (Fsp3) is 0.658. The molecule has 0 saturated carbocycles. The molecule has 0 aliphatic carbocycles. The fourth-order valence-electron chi connectivity index (χ4n) is 8.72. The lowest BCUT2D eigenvalue weighted by molar-refractivity contribution is -0.167. The molecule has 6 heteroatoms. The van der Waals surface area contributed by atoms with Crippen LogP contribution < -0.4 is 0 Å². The molecule has 0 spiro atoms. The minimum atomic E-state index is -0.812. The maximum absolute atomic E-state index is 12.9. The number of esters is 3. The van der Waals surface area contributed by atoms with E-state index in [1.807, 2.05) is 0 Å². The highest BCUT2D eigenvalue weighted by Gasteiger charge is 2.19. The van der Waals surface area contributed by atoms with Crippen LogP contribution in [0.2, 0.25) is 0 Å². The topological polar surface area (TPSA) is 78.9 Å². The van der Waals surface area contributed by atoms with Crippen LogP contribution in [0.4, 0.5) is 0 Å². The van der Waals surface area contributed by atoms with E-state index < -0.39 is 6.10 Å². The van der Waals surface area contributed by atoms with Gasteiger partial charge in [-0.15, -0.1) is 0 Å². The van der Waals surface area contributed by atoms with Crippen molar-refractivity contribution in [2.45, 2.75) is 297 Å². The first kappa shape index (κ1) is 74.5. The molecular formula is C73H120O6. The van der Waals surface area contributed by atoms with Crippen molar-refractivity contribution in [2.24, 2.45) is 0 Å². The van der Waals surface area contributed by atoms with E-state index in [1.165, 1.54) is 109 Å². The molecule has 6 nitrogen and oxygen atoms in total. The van der Waals surface area contributed by atoms with E-state index in [1.54, 1.807) is 0 Å². The lowest BCUT2D eigenvalue weighted by atomic mass is 10.1. The third-order valence-corrected chi connectivity index (χ3v) is 13.6. The van der Waals surface area contributed by atoms with Crippen molar-refractivity contribution >= 4 is 17.9 Å². The van der Waals surface area contributed by atoms with Gasteiger partial charge in [0.15, 0.2) is 6.10 Å². The summed E-state index contributed by atoms with van der Waals surface area (Å²) in [6.45, 7) is 6.45. The van der Waals surface area contributed by atoms with Crippen molar-refractivity contribution in [3.8, 4) is 0 Å². The summed E-state index contributed by atoms with van der Waals surface area (Å²) in [5, 5.41) is 0. The van der Waals surface area contributed by atoms with Gasteiger partial charge < -0.3 is 14.2 Å². The first-order valence-corrected chi connectivity index (χ1v) is 32.7. The molecule has 1 atom stereocenters. The number of rotatable bonds is 58. The summed E-state index contributed by atoms with van der Waals surface area (Å²) < 4.78 is 16.9. The number of carbonyl (C=O) groups excluding carboxylic acids is 3. The number of allylic oxidation sites excluding steroid dienone is 22. The second-order valence-corrected chi connectivity index (χ2v) is 21.3. The van der Waals surface area contributed by atoms with Gasteiger partial charge >= 0.3 is 17.9 Å². The van der Waals surface area contributed by atoms with Crippen LogP contribution in [0.25, 0.3) is 0 Å². The molecule has 0 saturated heterocycles. The van der Waals surface area contributed by atoms with Gasteiger partial charge in [-0.05, 0) is 141 Å². The summed E-state index contributed by atoms with van der Waals surface area (Å²) in [5.41, 5.74) is 0. The van der Waals surface area contributed by atoms with Crippen LogP contribution in [0.3, 0.4) is 0 Å². The Bertz CT molecular complexity index is 1680. The van der Waals surface area contributed by atoms with Gasteiger partial charge in [0.1, 0.15) is 13.2 Å². The average Bonchev–Trinajstić information content (AvgIpc) is 3.45. The Morgan fingerprint density at radius 2 is 0.494 bits per heavy atom. The molecule has 0 aliphatic rings. The molecule has 0 amide bonds. The van der Waals surface area contributed by atoms with Gasteiger partial charge in [0.25, 0.3) is 0 Å². The Hall–Kier alpha value is -4.45. The molecule has 79 heavy (non-hydrogen) atoms. The maximum atomic E-state index is 12.9. The quantitative estimate of drug-likeness (QED) is 0.0261. The van der Waals surface area contributed by atoms with Crippen LogP contribution in [0.1, 0.15) is 290 Å². The minimum absolute atomic E-state index is 0.104. The monoisotopic (exact) mass is 1090 g/mol. The van der Waals surface area contributed by atoms with Gasteiger partial charge in [-0.2, -0.15) is 0 Å². The van der Waals surface area contributed by atoms with Gasteiger partial charge in [-0.3, -0.25) is 14.4 Å². The van der Waals surface area contributed by atoms with Crippen molar-refractivity contribution in [2.75, 3.05) is 13.2 Å². The lowest BCUT2D eigenvalue weighted by Crippen LogP contribution is -2.30. The standard InChI is InChI=1S/C73H120O6/c1-4-7-10-13-16-19-22-25-28-31-34-35-36-37-40-42-45-48-51-54-57-60-63-66-72(75)78-69-70(79-73(76)67-64-61-58-55-52-49-46-43-39-33-30-27-24-21-18-15-12-9-6-3)68-77-71(74)65-62-59-56-53-50-47-44-41-38-32-29-26-23-20-17-14-11-8-5-2/h9,12,17-18,20-22,25-27,29-31,34,36-39,41,43,49,52,70H,4-8,10-11,13-16,19,23-24,28,32-33,35,40,42,44-48,50-51,53-69H2,1-3H3/b12-9-,20-17-,21-18-,25-22-,29-26-,30-27-,34-31-,37-36-,41-38-,43-39-,52-49-. The SMILES string of the molecule is CC/C=C\C/C=C\C/C=C\C/C=C\C/C=C\CCCCCC(=O)OC(COC(=O)CCCCCCCC/C=C\C/C=C\C/C=C\CCCCC)COC(=O)CCCCCCCCCC/C=C\C/C=C\C/C=C\CCCCCCC. The molecule has 0 heterocycles. The van der Waals surface area contributed by atoms with Gasteiger partial charge in [-0.25, -0.2) is 0 Å². The molecule has 448 valence electrons. The number of carbonyl (C=O) groups is 3. The van der Waals surface area contributed by atoms with E-state index >= 15 is 0 Å². The summed E-state index contributed by atoms with van der Waals surface area (Å²) in [4.78, 5) is 38.4. The van der Waals surface area contributed by atoms with Crippen LogP contribution in [0, 0.1) is 0 Å². The molecule has 0 fully saturated rings. The largest absolute Gasteiger partial charge is 0.462 e. The number of hydrogen-bond acceptors (Lipinski definition) is 6. The maximum Gasteiger partial charge on any atom is 0.306 e. The van der Waals surface area contributed by atoms with Crippen molar-refractivity contribution in [3.63, 3.8) is 0 Å². The van der Waals surface area contributed by atoms with Gasteiger partial charge in [0.2, 0.25) is 0 Å². The van der Waals surface area contributed by atoms with Crippen LogP contribution in [0.15, 0.2) is 134 Å². The van der Waals surface area contributed by atoms with Crippen molar-refractivity contribution < 1.29 is 28.6 Å². The average molecular weight is 1090 g/mol. The molecule has 0 bridgehead atoms. The normalized spacial score (nSPS) is 13.0. The van der Waals surface area contributed by atoms with Crippen molar-refractivity contribution in [3.05, 3.63) is 134 Å². The van der Waals surface area contributed by atoms with Crippen LogP contribution >= 0.6 is 0 Å². The number of unbranched alkanes of at least 4 members (excludes halogenated alkanes) is 25. The molecule has 1 unspecified atom stereocenters. The summed E-state index contributed by atoms with van der Waals surface area (Å²) in [6, 6.07) is 0. The van der Waals surface area contributed by atoms with Crippen molar-refractivity contribution in [1.82, 2.24) is 0 Å². The molecule has 0 aromatic carbocycles. The third kappa shape index (κ3) is 64.3. The smallest absolute Gasteiger partial charge is 0.306 e. The van der Waals surface area contributed by atoms with Gasteiger partial charge in [0.05, 0.1) is 0 Å². The lowest BCUT2D eigenvalue weighted by Gasteiger charge is -2.18. The molecule has 0 aromatic rings.